The van der Waals surface area contributed by atoms with E-state index in [4.69, 9.17) is 0 Å². The topological polar surface area (TPSA) is 72.2 Å². The summed E-state index contributed by atoms with van der Waals surface area (Å²) >= 11 is 6.60. The Morgan fingerprint density at radius 1 is 1.38 bits per heavy atom. The Hall–Kier alpha value is -0.950. The van der Waals surface area contributed by atoms with Crippen LogP contribution in [-0.2, 0) is 0 Å². The van der Waals surface area contributed by atoms with Gasteiger partial charge >= 0.3 is 0 Å². The smallest absolute Gasteiger partial charge is 0.271 e. The van der Waals surface area contributed by atoms with E-state index in [0.29, 0.717) is 22.5 Å². The summed E-state index contributed by atoms with van der Waals surface area (Å²) in [7, 11) is 0. The lowest BCUT2D eigenvalue weighted by atomic mass is 10.0. The van der Waals surface area contributed by atoms with Crippen LogP contribution in [0.4, 0.5) is 5.69 Å². The Balaban J connectivity index is 2.72. The van der Waals surface area contributed by atoms with Crippen molar-refractivity contribution in [3.05, 3.63) is 38.3 Å². The highest BCUT2D eigenvalue weighted by molar-refractivity contribution is 9.10. The number of amides is 1. The molecule has 0 aliphatic rings. The molecule has 1 N–H and O–H groups in total. The highest BCUT2D eigenvalue weighted by Crippen LogP contribution is 2.21. The van der Waals surface area contributed by atoms with Crippen molar-refractivity contribution in [2.45, 2.75) is 26.2 Å². The van der Waals surface area contributed by atoms with Crippen molar-refractivity contribution in [3.63, 3.8) is 0 Å². The van der Waals surface area contributed by atoms with Crippen molar-refractivity contribution in [2.75, 3.05) is 11.9 Å². The lowest BCUT2D eigenvalue weighted by molar-refractivity contribution is -0.385. The van der Waals surface area contributed by atoms with Crippen molar-refractivity contribution < 1.29 is 9.72 Å². The molecule has 21 heavy (non-hydrogen) atoms. The van der Waals surface area contributed by atoms with Gasteiger partial charge in [0.05, 0.1) is 4.92 Å². The highest BCUT2D eigenvalue weighted by Gasteiger charge is 2.15. The molecule has 1 atom stereocenters. The number of alkyl halides is 1. The SMILES string of the molecule is CCCC(CCBr)CNC(=O)c1cc(Br)cc([N+](=O)[O-])c1. The molecule has 1 amide bonds. The summed E-state index contributed by atoms with van der Waals surface area (Å²) in [5, 5.41) is 14.6. The summed E-state index contributed by atoms with van der Waals surface area (Å²) < 4.78 is 0.521. The van der Waals surface area contributed by atoms with Gasteiger partial charge in [-0.25, -0.2) is 0 Å². The van der Waals surface area contributed by atoms with Crippen molar-refractivity contribution >= 4 is 43.5 Å². The first kappa shape index (κ1) is 18.1. The molecule has 1 rings (SSSR count). The van der Waals surface area contributed by atoms with Gasteiger partial charge in [0, 0.05) is 34.0 Å². The lowest BCUT2D eigenvalue weighted by Crippen LogP contribution is -2.29. The average molecular weight is 422 g/mol. The second kappa shape index (κ2) is 9.15. The molecule has 0 aliphatic carbocycles. The van der Waals surface area contributed by atoms with Crippen LogP contribution < -0.4 is 5.32 Å². The third kappa shape index (κ3) is 6.13. The predicted octanol–water partition coefficient (Wildman–Crippen LogP) is 4.29. The van der Waals surface area contributed by atoms with Crippen molar-refractivity contribution in [2.24, 2.45) is 5.92 Å². The number of nitrogens with zero attached hydrogens (tertiary/aromatic N) is 1. The van der Waals surface area contributed by atoms with Gasteiger partial charge in [-0.3, -0.25) is 14.9 Å². The number of non-ortho nitro benzene ring substituents is 1. The van der Waals surface area contributed by atoms with E-state index >= 15 is 0 Å². The van der Waals surface area contributed by atoms with Crippen LogP contribution in [0.1, 0.15) is 36.5 Å². The van der Waals surface area contributed by atoms with E-state index in [9.17, 15) is 14.9 Å². The minimum atomic E-state index is -0.508. The number of carbonyl (C=O) groups excluding carboxylic acids is 1. The summed E-state index contributed by atoms with van der Waals surface area (Å²) in [6.07, 6.45) is 3.10. The van der Waals surface area contributed by atoms with E-state index in [2.05, 4.69) is 44.1 Å². The number of rotatable bonds is 8. The lowest BCUT2D eigenvalue weighted by Gasteiger charge is -2.15. The van der Waals surface area contributed by atoms with Gasteiger partial charge in [-0.15, -0.1) is 0 Å². The Bertz CT molecular complexity index is 503. The Kier molecular flexibility index (Phi) is 7.88. The molecule has 116 valence electrons. The van der Waals surface area contributed by atoms with Crippen LogP contribution in [0.2, 0.25) is 0 Å². The minimum absolute atomic E-state index is 0.0971. The number of benzene rings is 1. The Morgan fingerprint density at radius 2 is 2.10 bits per heavy atom. The van der Waals surface area contributed by atoms with Crippen molar-refractivity contribution in [1.82, 2.24) is 5.32 Å². The van der Waals surface area contributed by atoms with Crippen LogP contribution in [0.25, 0.3) is 0 Å². The molecule has 0 aromatic heterocycles. The summed E-state index contributed by atoms with van der Waals surface area (Å²) in [4.78, 5) is 22.4. The number of nitrogens with one attached hydrogen (secondary N) is 1. The van der Waals surface area contributed by atoms with Crippen LogP contribution in [0, 0.1) is 16.0 Å². The van der Waals surface area contributed by atoms with Gasteiger partial charge in [-0.05, 0) is 24.8 Å². The zero-order chi connectivity index (χ0) is 15.8. The maximum Gasteiger partial charge on any atom is 0.271 e. The number of nitro groups is 1. The maximum atomic E-state index is 12.1. The average Bonchev–Trinajstić information content (AvgIpc) is 2.44. The molecule has 0 saturated heterocycles. The Labute approximate surface area is 140 Å². The molecule has 0 bridgehead atoms. The van der Waals surface area contributed by atoms with E-state index in [1.54, 1.807) is 6.07 Å². The van der Waals surface area contributed by atoms with Crippen LogP contribution >= 0.6 is 31.9 Å². The zero-order valence-electron chi connectivity index (χ0n) is 11.8. The monoisotopic (exact) mass is 420 g/mol. The normalized spacial score (nSPS) is 12.0. The van der Waals surface area contributed by atoms with Crippen LogP contribution in [0.3, 0.4) is 0 Å². The second-order valence-electron chi connectivity index (χ2n) is 4.80. The standard InChI is InChI=1S/C14H18Br2N2O3/c1-2-3-10(4-5-15)9-17-14(19)11-6-12(16)8-13(7-11)18(20)21/h6-8,10H,2-5,9H2,1H3,(H,17,19). The number of halogens is 2. The first-order valence-corrected chi connectivity index (χ1v) is 8.68. The van der Waals surface area contributed by atoms with Gasteiger partial charge in [0.2, 0.25) is 0 Å². The van der Waals surface area contributed by atoms with Crippen molar-refractivity contribution in [1.29, 1.82) is 0 Å². The van der Waals surface area contributed by atoms with Crippen LogP contribution in [0.5, 0.6) is 0 Å². The van der Waals surface area contributed by atoms with E-state index in [1.807, 2.05) is 0 Å². The molecule has 1 unspecified atom stereocenters. The summed E-state index contributed by atoms with van der Waals surface area (Å²) in [6.45, 7) is 2.69. The first-order valence-electron chi connectivity index (χ1n) is 6.77. The molecule has 0 aliphatic heterocycles. The minimum Gasteiger partial charge on any atom is -0.352 e. The molecular weight excluding hydrogens is 404 g/mol. The van der Waals surface area contributed by atoms with Gasteiger partial charge < -0.3 is 5.32 Å². The number of nitro benzene ring substituents is 1. The van der Waals surface area contributed by atoms with Gasteiger partial charge in [0.1, 0.15) is 0 Å². The maximum absolute atomic E-state index is 12.1. The summed E-state index contributed by atoms with van der Waals surface area (Å²) in [5.41, 5.74) is 0.199. The Morgan fingerprint density at radius 3 is 2.67 bits per heavy atom. The van der Waals surface area contributed by atoms with Crippen LogP contribution in [0.15, 0.2) is 22.7 Å². The molecular formula is C14H18Br2N2O3. The molecule has 0 fully saturated rings. The largest absolute Gasteiger partial charge is 0.352 e. The fourth-order valence-corrected chi connectivity index (χ4v) is 3.19. The molecule has 0 heterocycles. The number of carbonyl (C=O) groups is 1. The van der Waals surface area contributed by atoms with E-state index < -0.39 is 4.92 Å². The molecule has 1 aromatic carbocycles. The second-order valence-corrected chi connectivity index (χ2v) is 6.51. The fourth-order valence-electron chi connectivity index (χ4n) is 2.06. The fraction of sp³-hybridized carbons (Fsp3) is 0.500. The zero-order valence-corrected chi connectivity index (χ0v) is 14.9. The first-order chi connectivity index (χ1) is 9.97. The summed E-state index contributed by atoms with van der Waals surface area (Å²) in [5.74, 6) is 0.135. The van der Waals surface area contributed by atoms with E-state index in [0.717, 1.165) is 24.6 Å². The molecule has 0 spiro atoms. The quantitative estimate of drug-likeness (QED) is 0.386. The summed E-state index contributed by atoms with van der Waals surface area (Å²) in [6, 6.07) is 4.25. The van der Waals surface area contributed by atoms with E-state index in [1.165, 1.54) is 12.1 Å². The molecule has 7 heteroatoms. The molecule has 1 aromatic rings. The van der Waals surface area contributed by atoms with Gasteiger partial charge in [0.15, 0.2) is 0 Å². The molecule has 0 radical (unpaired) electrons. The van der Waals surface area contributed by atoms with Gasteiger partial charge in [0.25, 0.3) is 11.6 Å². The number of hydrogen-bond acceptors (Lipinski definition) is 3. The van der Waals surface area contributed by atoms with Crippen molar-refractivity contribution in [3.8, 4) is 0 Å². The van der Waals surface area contributed by atoms with Crippen LogP contribution in [-0.4, -0.2) is 22.7 Å². The van der Waals surface area contributed by atoms with Gasteiger partial charge in [-0.1, -0.05) is 45.2 Å². The van der Waals surface area contributed by atoms with E-state index in [-0.39, 0.29) is 11.6 Å². The third-order valence-corrected chi connectivity index (χ3v) is 4.04. The molecule has 0 saturated carbocycles. The van der Waals surface area contributed by atoms with Gasteiger partial charge in [-0.2, -0.15) is 0 Å². The third-order valence-electron chi connectivity index (χ3n) is 3.12. The predicted molar refractivity (Wildman–Crippen MR) is 89.9 cm³/mol. The molecule has 5 nitrogen and oxygen atoms in total. The number of hydrogen-bond donors (Lipinski definition) is 1. The highest BCUT2D eigenvalue weighted by atomic mass is 79.9.